The van der Waals surface area contributed by atoms with Gasteiger partial charge in [-0.1, -0.05) is 25.1 Å². The summed E-state index contributed by atoms with van der Waals surface area (Å²) in [4.78, 5) is 12.8. The van der Waals surface area contributed by atoms with E-state index in [1.165, 1.54) is 0 Å². The van der Waals surface area contributed by atoms with Crippen molar-refractivity contribution in [3.05, 3.63) is 30.3 Å². The molecule has 1 rings (SSSR count). The van der Waals surface area contributed by atoms with Crippen LogP contribution < -0.4 is 4.90 Å². The van der Waals surface area contributed by atoms with E-state index in [1.807, 2.05) is 49.2 Å². The van der Waals surface area contributed by atoms with Crippen molar-refractivity contribution >= 4 is 11.7 Å². The molecule has 0 fully saturated rings. The number of hydrogen-bond acceptors (Lipinski definition) is 2. The van der Waals surface area contributed by atoms with Crippen LogP contribution in [0, 0.1) is 5.92 Å². The zero-order valence-electron chi connectivity index (χ0n) is 9.18. The van der Waals surface area contributed by atoms with Gasteiger partial charge in [0, 0.05) is 19.3 Å². The molecule has 1 aromatic carbocycles. The first-order chi connectivity index (χ1) is 7.15. The lowest BCUT2D eigenvalue weighted by molar-refractivity contribution is -0.141. The molecule has 3 nitrogen and oxygen atoms in total. The van der Waals surface area contributed by atoms with Crippen LogP contribution in [-0.4, -0.2) is 24.7 Å². The molecule has 0 amide bonds. The monoisotopic (exact) mass is 207 g/mol. The van der Waals surface area contributed by atoms with E-state index in [2.05, 4.69) is 0 Å². The van der Waals surface area contributed by atoms with Crippen molar-refractivity contribution in [3.8, 4) is 0 Å². The van der Waals surface area contributed by atoms with Crippen LogP contribution in [0.3, 0.4) is 0 Å². The van der Waals surface area contributed by atoms with Crippen LogP contribution in [0.4, 0.5) is 5.69 Å². The highest BCUT2D eigenvalue weighted by Crippen LogP contribution is 2.14. The Bertz CT molecular complexity index is 311. The van der Waals surface area contributed by atoms with Crippen molar-refractivity contribution in [2.24, 2.45) is 5.92 Å². The van der Waals surface area contributed by atoms with Crippen molar-refractivity contribution in [2.45, 2.75) is 13.3 Å². The molecule has 0 radical (unpaired) electrons. The molecule has 0 heterocycles. The number of rotatable bonds is 5. The van der Waals surface area contributed by atoms with Gasteiger partial charge in [0.05, 0.1) is 5.92 Å². The summed E-state index contributed by atoms with van der Waals surface area (Å²) in [5.41, 5.74) is 1.05. The lowest BCUT2D eigenvalue weighted by Gasteiger charge is -2.22. The highest BCUT2D eigenvalue weighted by molar-refractivity contribution is 5.70. The smallest absolute Gasteiger partial charge is 0.308 e. The number of benzene rings is 1. The van der Waals surface area contributed by atoms with Gasteiger partial charge in [0.25, 0.3) is 0 Å². The minimum absolute atomic E-state index is 0.296. The minimum atomic E-state index is -0.722. The van der Waals surface area contributed by atoms with E-state index in [0.29, 0.717) is 13.0 Å². The van der Waals surface area contributed by atoms with E-state index in [1.54, 1.807) is 0 Å². The normalized spacial score (nSPS) is 12.1. The standard InChI is InChI=1S/C12H17NO2/c1-3-10(12(14)15)9-13(2)11-7-5-4-6-8-11/h4-8,10H,3,9H2,1-2H3,(H,14,15). The highest BCUT2D eigenvalue weighted by atomic mass is 16.4. The predicted molar refractivity (Wildman–Crippen MR) is 61.1 cm³/mol. The molecule has 15 heavy (non-hydrogen) atoms. The second-order valence-corrected chi connectivity index (χ2v) is 3.66. The molecule has 1 aromatic rings. The molecule has 0 aliphatic rings. The number of carbonyl (C=O) groups is 1. The van der Waals surface area contributed by atoms with Crippen LogP contribution in [0.2, 0.25) is 0 Å². The molecule has 0 saturated heterocycles. The molecule has 1 N–H and O–H groups in total. The third-order valence-corrected chi connectivity index (χ3v) is 2.53. The number of para-hydroxylation sites is 1. The SMILES string of the molecule is CCC(CN(C)c1ccccc1)C(=O)O. The van der Waals surface area contributed by atoms with Crippen LogP contribution in [0.5, 0.6) is 0 Å². The zero-order valence-corrected chi connectivity index (χ0v) is 9.18. The van der Waals surface area contributed by atoms with Gasteiger partial charge in [-0.25, -0.2) is 0 Å². The van der Waals surface area contributed by atoms with Gasteiger partial charge < -0.3 is 10.0 Å². The second-order valence-electron chi connectivity index (χ2n) is 3.66. The van der Waals surface area contributed by atoms with E-state index >= 15 is 0 Å². The second kappa shape index (κ2) is 5.39. The lowest BCUT2D eigenvalue weighted by atomic mass is 10.1. The summed E-state index contributed by atoms with van der Waals surface area (Å²) in [6, 6.07) is 9.82. The first-order valence-corrected chi connectivity index (χ1v) is 5.14. The van der Waals surface area contributed by atoms with Crippen LogP contribution in [0.25, 0.3) is 0 Å². The molecule has 0 saturated carbocycles. The fraction of sp³-hybridized carbons (Fsp3) is 0.417. The largest absolute Gasteiger partial charge is 0.481 e. The van der Waals surface area contributed by atoms with Gasteiger partial charge in [0.1, 0.15) is 0 Å². The van der Waals surface area contributed by atoms with Gasteiger partial charge in [-0.05, 0) is 18.6 Å². The molecule has 0 spiro atoms. The Balaban J connectivity index is 2.62. The van der Waals surface area contributed by atoms with Crippen LogP contribution in [-0.2, 0) is 4.79 Å². The molecule has 1 atom stereocenters. The van der Waals surface area contributed by atoms with Gasteiger partial charge in [-0.2, -0.15) is 0 Å². The third kappa shape index (κ3) is 3.27. The topological polar surface area (TPSA) is 40.5 Å². The Kier molecular flexibility index (Phi) is 4.16. The molecule has 3 heteroatoms. The summed E-state index contributed by atoms with van der Waals surface area (Å²) in [5.74, 6) is -1.02. The maximum atomic E-state index is 10.9. The zero-order chi connectivity index (χ0) is 11.3. The third-order valence-electron chi connectivity index (χ3n) is 2.53. The number of anilines is 1. The van der Waals surface area contributed by atoms with Crippen LogP contribution in [0.15, 0.2) is 30.3 Å². The van der Waals surface area contributed by atoms with Gasteiger partial charge in [-0.3, -0.25) is 4.79 Å². The Hall–Kier alpha value is -1.51. The van der Waals surface area contributed by atoms with Gasteiger partial charge in [-0.15, -0.1) is 0 Å². The predicted octanol–water partition coefficient (Wildman–Crippen LogP) is 2.23. The Labute approximate surface area is 90.3 Å². The first-order valence-electron chi connectivity index (χ1n) is 5.14. The van der Waals surface area contributed by atoms with Crippen molar-refractivity contribution in [3.63, 3.8) is 0 Å². The van der Waals surface area contributed by atoms with Gasteiger partial charge in [0.2, 0.25) is 0 Å². The van der Waals surface area contributed by atoms with Crippen molar-refractivity contribution in [1.82, 2.24) is 0 Å². The van der Waals surface area contributed by atoms with E-state index in [0.717, 1.165) is 5.69 Å². The quantitative estimate of drug-likeness (QED) is 0.805. The van der Waals surface area contributed by atoms with Crippen molar-refractivity contribution < 1.29 is 9.90 Å². The Morgan fingerprint density at radius 1 is 1.40 bits per heavy atom. The highest BCUT2D eigenvalue weighted by Gasteiger charge is 2.17. The maximum Gasteiger partial charge on any atom is 0.308 e. The molecule has 0 aliphatic carbocycles. The van der Waals surface area contributed by atoms with E-state index in [9.17, 15) is 4.79 Å². The molecule has 0 aromatic heterocycles. The molecule has 0 bridgehead atoms. The number of aliphatic carboxylic acids is 1. The molecule has 82 valence electrons. The summed E-state index contributed by atoms with van der Waals surface area (Å²) < 4.78 is 0. The van der Waals surface area contributed by atoms with E-state index in [-0.39, 0.29) is 5.92 Å². The van der Waals surface area contributed by atoms with Gasteiger partial charge in [0.15, 0.2) is 0 Å². The molecule has 0 aliphatic heterocycles. The molecular formula is C12H17NO2. The summed E-state index contributed by atoms with van der Waals surface area (Å²) in [6.45, 7) is 2.45. The number of nitrogens with zero attached hydrogens (tertiary/aromatic N) is 1. The van der Waals surface area contributed by atoms with Crippen molar-refractivity contribution in [2.75, 3.05) is 18.5 Å². The average molecular weight is 207 g/mol. The fourth-order valence-corrected chi connectivity index (χ4v) is 1.50. The number of hydrogen-bond donors (Lipinski definition) is 1. The average Bonchev–Trinajstić information content (AvgIpc) is 2.26. The van der Waals surface area contributed by atoms with Crippen LogP contribution >= 0.6 is 0 Å². The summed E-state index contributed by atoms with van der Waals surface area (Å²) in [5, 5.41) is 8.94. The van der Waals surface area contributed by atoms with Crippen LogP contribution in [0.1, 0.15) is 13.3 Å². The summed E-state index contributed by atoms with van der Waals surface area (Å²) in [7, 11) is 1.92. The Morgan fingerprint density at radius 3 is 2.47 bits per heavy atom. The first kappa shape index (κ1) is 11.6. The number of carboxylic acid groups (broad SMARTS) is 1. The minimum Gasteiger partial charge on any atom is -0.481 e. The van der Waals surface area contributed by atoms with E-state index in [4.69, 9.17) is 5.11 Å². The summed E-state index contributed by atoms with van der Waals surface area (Å²) in [6.07, 6.45) is 0.659. The van der Waals surface area contributed by atoms with E-state index < -0.39 is 5.97 Å². The lowest BCUT2D eigenvalue weighted by Crippen LogP contribution is -2.29. The van der Waals surface area contributed by atoms with Crippen molar-refractivity contribution in [1.29, 1.82) is 0 Å². The molecule has 1 unspecified atom stereocenters. The summed E-state index contributed by atoms with van der Waals surface area (Å²) >= 11 is 0. The Morgan fingerprint density at radius 2 is 2.00 bits per heavy atom. The maximum absolute atomic E-state index is 10.9. The van der Waals surface area contributed by atoms with Gasteiger partial charge >= 0.3 is 5.97 Å². The fourth-order valence-electron chi connectivity index (χ4n) is 1.50. The molecular weight excluding hydrogens is 190 g/mol. The number of carboxylic acids is 1.